The van der Waals surface area contributed by atoms with Gasteiger partial charge in [0.2, 0.25) is 0 Å². The molecule has 2 atom stereocenters. The van der Waals surface area contributed by atoms with Gasteiger partial charge in [-0.15, -0.1) is 21.5 Å². The number of para-hydroxylation sites is 1. The minimum Gasteiger partial charge on any atom is -0.507 e. The highest BCUT2D eigenvalue weighted by molar-refractivity contribution is 7.13. The normalized spacial score (nSPS) is 17.5. The number of phenolic OH excluding ortho intramolecular Hbond substituents is 1. The summed E-state index contributed by atoms with van der Waals surface area (Å²) in [6.07, 6.45) is 2.81. The van der Waals surface area contributed by atoms with Gasteiger partial charge in [0.15, 0.2) is 5.82 Å². The summed E-state index contributed by atoms with van der Waals surface area (Å²) < 4.78 is 5.59. The predicted molar refractivity (Wildman–Crippen MR) is 238 cm³/mol. The number of likely N-dealkylation sites (tertiary alicyclic amines) is 1. The number of alkyl carbamates (subject to hydrolysis) is 1. The number of amides is 1. The second-order valence-electron chi connectivity index (χ2n) is 16.6. The molecule has 7 N–H and O–H groups in total. The molecular weight excluding hydrogens is 761 g/mol. The molecule has 2 unspecified atom stereocenters. The second kappa shape index (κ2) is 19.2. The van der Waals surface area contributed by atoms with E-state index in [0.717, 1.165) is 110 Å². The van der Waals surface area contributed by atoms with Crippen molar-refractivity contribution in [2.75, 3.05) is 62.2 Å². The molecule has 2 fully saturated rings. The molecule has 59 heavy (non-hydrogen) atoms. The van der Waals surface area contributed by atoms with Crippen LogP contribution in [0.3, 0.4) is 0 Å². The number of nitrogen functional groups attached to an aromatic ring is 1. The van der Waals surface area contributed by atoms with Crippen LogP contribution in [0, 0.1) is 6.92 Å². The van der Waals surface area contributed by atoms with Crippen molar-refractivity contribution in [2.24, 2.45) is 0 Å². The van der Waals surface area contributed by atoms with Gasteiger partial charge in [-0.25, -0.2) is 9.78 Å². The summed E-state index contributed by atoms with van der Waals surface area (Å²) in [7, 11) is 0. The highest BCUT2D eigenvalue weighted by atomic mass is 32.1. The summed E-state index contributed by atoms with van der Waals surface area (Å²) in [5, 5.41) is 32.8. The number of aromatic nitrogens is 3. The monoisotopic (exact) mass is 818 g/mol. The summed E-state index contributed by atoms with van der Waals surface area (Å²) >= 11 is 1.63. The number of nitrogens with one attached hydrogen (secondary N) is 4. The third-order valence-electron chi connectivity index (χ3n) is 10.9. The molecule has 7 rings (SSSR count). The fraction of sp³-hybridized carbons (Fsp3) is 0.422. The average Bonchev–Trinajstić information content (AvgIpc) is 3.86. The molecule has 2 aliphatic rings. The maximum absolute atomic E-state index is 12.4. The van der Waals surface area contributed by atoms with Gasteiger partial charge in [0.25, 0.3) is 0 Å². The first-order valence-corrected chi connectivity index (χ1v) is 21.5. The van der Waals surface area contributed by atoms with Crippen molar-refractivity contribution in [3.8, 4) is 27.4 Å². The molecular formula is C45H58N10O3S. The molecule has 312 valence electrons. The molecule has 2 aliphatic heterocycles. The minimum atomic E-state index is -0.422. The number of ether oxygens (including phenoxy) is 1. The Hall–Kier alpha value is -5.28. The van der Waals surface area contributed by atoms with E-state index >= 15 is 0 Å². The molecule has 5 aromatic rings. The van der Waals surface area contributed by atoms with E-state index in [9.17, 15) is 9.90 Å². The fourth-order valence-electron chi connectivity index (χ4n) is 7.83. The zero-order valence-corrected chi connectivity index (χ0v) is 35.4. The van der Waals surface area contributed by atoms with Crippen LogP contribution in [0.5, 0.6) is 5.75 Å². The number of aryl methyl sites for hydroxylation is 1. The van der Waals surface area contributed by atoms with E-state index in [1.807, 2.05) is 57.5 Å². The van der Waals surface area contributed by atoms with Gasteiger partial charge in [-0.2, -0.15) is 0 Å². The third kappa shape index (κ3) is 11.3. The number of piperazine rings is 1. The number of rotatable bonds is 15. The van der Waals surface area contributed by atoms with Crippen molar-refractivity contribution in [1.82, 2.24) is 35.6 Å². The molecule has 2 aromatic heterocycles. The van der Waals surface area contributed by atoms with E-state index in [4.69, 9.17) is 10.5 Å². The molecule has 4 heterocycles. The first kappa shape index (κ1) is 41.9. The number of thiazole rings is 1. The maximum Gasteiger partial charge on any atom is 0.407 e. The van der Waals surface area contributed by atoms with Crippen LogP contribution < -0.4 is 27.0 Å². The Bertz CT molecular complexity index is 2170. The zero-order valence-electron chi connectivity index (χ0n) is 34.6. The molecule has 14 heteroatoms. The molecule has 2 saturated heterocycles. The van der Waals surface area contributed by atoms with Crippen LogP contribution in [0.25, 0.3) is 21.7 Å². The number of carbonyl (C=O) groups is 1. The quantitative estimate of drug-likeness (QED) is 0.0581. The molecule has 0 spiro atoms. The van der Waals surface area contributed by atoms with E-state index in [0.29, 0.717) is 23.1 Å². The lowest BCUT2D eigenvalue weighted by Crippen LogP contribution is -2.45. The lowest BCUT2D eigenvalue weighted by molar-refractivity contribution is 0.131. The van der Waals surface area contributed by atoms with Gasteiger partial charge in [-0.05, 0) is 101 Å². The Morgan fingerprint density at radius 2 is 1.88 bits per heavy atom. The molecule has 0 saturated carbocycles. The van der Waals surface area contributed by atoms with Crippen molar-refractivity contribution in [1.29, 1.82) is 0 Å². The van der Waals surface area contributed by atoms with E-state index < -0.39 is 6.09 Å². The summed E-state index contributed by atoms with van der Waals surface area (Å²) in [6.45, 7) is 15.3. The fourth-order valence-corrected chi connectivity index (χ4v) is 8.64. The molecule has 1 amide bonds. The van der Waals surface area contributed by atoms with Crippen molar-refractivity contribution >= 4 is 34.6 Å². The summed E-state index contributed by atoms with van der Waals surface area (Å²) in [6, 6.07) is 24.7. The summed E-state index contributed by atoms with van der Waals surface area (Å²) in [4.78, 5) is 23.0. The van der Waals surface area contributed by atoms with Gasteiger partial charge >= 0.3 is 6.09 Å². The first-order chi connectivity index (χ1) is 28.5. The number of nitrogens with two attached hydrogens (primary N) is 1. The molecule has 0 bridgehead atoms. The highest BCUT2D eigenvalue weighted by Gasteiger charge is 2.28. The van der Waals surface area contributed by atoms with Gasteiger partial charge in [-0.1, -0.05) is 36.4 Å². The predicted octanol–water partition coefficient (Wildman–Crippen LogP) is 7.41. The number of anilines is 3. The Morgan fingerprint density at radius 1 is 1.05 bits per heavy atom. The Morgan fingerprint density at radius 3 is 2.66 bits per heavy atom. The van der Waals surface area contributed by atoms with Crippen molar-refractivity contribution in [2.45, 2.75) is 77.7 Å². The maximum atomic E-state index is 12.4. The number of unbranched alkanes of at least 4 members (excludes halogenated alkanes) is 1. The SMILES string of the molecule is Cc1ncsc1-c1ccc(COC(=O)NC(C)(C)C)c(NCCCCN2CCC(Nc3ccc(CN4CCNCC4c4cc(-c5ccccc5O)nnc4N)cc3)C2)c1. The Balaban J connectivity index is 0.874. The summed E-state index contributed by atoms with van der Waals surface area (Å²) in [5.74, 6) is 0.580. The van der Waals surface area contributed by atoms with Crippen molar-refractivity contribution in [3.63, 3.8) is 0 Å². The number of phenols is 1. The second-order valence-corrected chi connectivity index (χ2v) is 17.5. The molecule has 0 aliphatic carbocycles. The van der Waals surface area contributed by atoms with Gasteiger partial charge < -0.3 is 41.7 Å². The van der Waals surface area contributed by atoms with E-state index in [-0.39, 0.29) is 23.9 Å². The number of aromatic hydroxyl groups is 1. The number of benzene rings is 3. The smallest absolute Gasteiger partial charge is 0.407 e. The van der Waals surface area contributed by atoms with Crippen molar-refractivity contribution < 1.29 is 14.6 Å². The lowest BCUT2D eigenvalue weighted by atomic mass is 10.0. The van der Waals surface area contributed by atoms with Gasteiger partial charge in [0.05, 0.1) is 27.8 Å². The van der Waals surface area contributed by atoms with E-state index in [1.165, 1.54) is 5.56 Å². The Labute approximate surface area is 351 Å². The zero-order chi connectivity index (χ0) is 41.4. The van der Waals surface area contributed by atoms with Gasteiger partial charge in [0.1, 0.15) is 12.4 Å². The van der Waals surface area contributed by atoms with Crippen LogP contribution in [-0.4, -0.2) is 93.6 Å². The number of nitrogens with zero attached hydrogens (tertiary/aromatic N) is 5. The van der Waals surface area contributed by atoms with Crippen LogP contribution >= 0.6 is 11.3 Å². The standard InChI is InChI=1S/C45H58N10O3S/c1-30-42(59-29-49-30)32-13-14-33(28-58-44(57)51-45(2,3)4)38(23-32)48-18-7-8-20-54-21-17-35(27-54)50-34-15-11-31(12-16-34)26-55-22-19-47-25-40(55)37-24-39(52-53-43(37)46)36-9-5-6-10-41(36)56/h5-6,9-16,23-24,29,35,40,47-48,50,56H,7-8,17-22,25-28H2,1-4H3,(H2,46,53)(H,51,57). The molecule has 13 nitrogen and oxygen atoms in total. The minimum absolute atomic E-state index is 0.0247. The number of hydrogen-bond donors (Lipinski definition) is 6. The third-order valence-corrected chi connectivity index (χ3v) is 11.9. The van der Waals surface area contributed by atoms with E-state index in [1.54, 1.807) is 23.5 Å². The number of carbonyl (C=O) groups excluding carboxylic acids is 1. The topological polar surface area (TPSA) is 166 Å². The largest absolute Gasteiger partial charge is 0.507 e. The van der Waals surface area contributed by atoms with Gasteiger partial charge in [-0.3, -0.25) is 4.90 Å². The highest BCUT2D eigenvalue weighted by Crippen LogP contribution is 2.34. The summed E-state index contributed by atoms with van der Waals surface area (Å²) in [5.41, 5.74) is 16.5. The van der Waals surface area contributed by atoms with Crippen LogP contribution in [0.15, 0.2) is 78.3 Å². The van der Waals surface area contributed by atoms with E-state index in [2.05, 4.69) is 82.6 Å². The van der Waals surface area contributed by atoms with Crippen LogP contribution in [-0.2, 0) is 17.9 Å². The molecule has 0 radical (unpaired) electrons. The lowest BCUT2D eigenvalue weighted by Gasteiger charge is -2.37. The average molecular weight is 819 g/mol. The number of hydrogen-bond acceptors (Lipinski definition) is 13. The van der Waals surface area contributed by atoms with Crippen molar-refractivity contribution in [3.05, 3.63) is 101 Å². The first-order valence-electron chi connectivity index (χ1n) is 20.7. The van der Waals surface area contributed by atoms with Crippen LogP contribution in [0.4, 0.5) is 22.0 Å². The molecule has 3 aromatic carbocycles. The Kier molecular flexibility index (Phi) is 13.6. The van der Waals surface area contributed by atoms with Gasteiger partial charge in [0, 0.05) is 85.5 Å². The van der Waals surface area contributed by atoms with Crippen LogP contribution in [0.1, 0.15) is 68.5 Å². The van der Waals surface area contributed by atoms with Crippen LogP contribution in [0.2, 0.25) is 0 Å².